The SMILES string of the molecule is Cc1ccc2[nH]c(CCC(=O)N3C[C@@H]4C(C)(C)C[C@]4(CN4CCOCC4)C3)nc2c1C. The molecule has 31 heavy (non-hydrogen) atoms. The number of benzene rings is 1. The molecule has 2 aliphatic heterocycles. The summed E-state index contributed by atoms with van der Waals surface area (Å²) in [5.41, 5.74) is 5.17. The summed E-state index contributed by atoms with van der Waals surface area (Å²) in [5.74, 6) is 1.80. The lowest BCUT2D eigenvalue weighted by molar-refractivity contribution is -0.130. The number of imidazole rings is 1. The number of carbonyl (C=O) groups excluding carboxylic acids is 1. The summed E-state index contributed by atoms with van der Waals surface area (Å²) in [5, 5.41) is 0. The van der Waals surface area contributed by atoms with Gasteiger partial charge >= 0.3 is 0 Å². The Morgan fingerprint density at radius 1 is 1.26 bits per heavy atom. The van der Waals surface area contributed by atoms with Crippen molar-refractivity contribution in [1.29, 1.82) is 0 Å². The van der Waals surface area contributed by atoms with Crippen LogP contribution >= 0.6 is 0 Å². The van der Waals surface area contributed by atoms with E-state index in [1.165, 1.54) is 17.5 Å². The Bertz CT molecular complexity index is 991. The largest absolute Gasteiger partial charge is 0.379 e. The van der Waals surface area contributed by atoms with Crippen molar-refractivity contribution < 1.29 is 9.53 Å². The van der Waals surface area contributed by atoms with Crippen LogP contribution in [0.25, 0.3) is 11.0 Å². The highest BCUT2D eigenvalue weighted by atomic mass is 16.5. The number of amides is 1. The van der Waals surface area contributed by atoms with E-state index >= 15 is 0 Å². The number of hydrogen-bond donors (Lipinski definition) is 1. The molecule has 2 saturated heterocycles. The maximum Gasteiger partial charge on any atom is 0.223 e. The van der Waals surface area contributed by atoms with Crippen LogP contribution in [0.1, 0.15) is 43.6 Å². The van der Waals surface area contributed by atoms with Gasteiger partial charge in [-0.05, 0) is 48.8 Å². The van der Waals surface area contributed by atoms with E-state index in [-0.39, 0.29) is 11.3 Å². The first-order chi connectivity index (χ1) is 14.8. The second kappa shape index (κ2) is 7.59. The molecule has 2 atom stereocenters. The summed E-state index contributed by atoms with van der Waals surface area (Å²) >= 11 is 0. The van der Waals surface area contributed by atoms with Crippen molar-refractivity contribution in [2.24, 2.45) is 16.7 Å². The van der Waals surface area contributed by atoms with Crippen molar-refractivity contribution in [2.75, 3.05) is 45.9 Å². The Morgan fingerprint density at radius 2 is 2.03 bits per heavy atom. The van der Waals surface area contributed by atoms with Crippen LogP contribution < -0.4 is 0 Å². The van der Waals surface area contributed by atoms with Gasteiger partial charge in [0.2, 0.25) is 5.91 Å². The summed E-state index contributed by atoms with van der Waals surface area (Å²) in [4.78, 5) is 26.1. The molecule has 3 aliphatic rings. The molecule has 0 bridgehead atoms. The van der Waals surface area contributed by atoms with E-state index in [1.807, 2.05) is 0 Å². The van der Waals surface area contributed by atoms with Gasteiger partial charge in [-0.25, -0.2) is 4.98 Å². The van der Waals surface area contributed by atoms with Gasteiger partial charge in [0, 0.05) is 51.0 Å². The van der Waals surface area contributed by atoms with Gasteiger partial charge in [-0.3, -0.25) is 9.69 Å². The normalized spacial score (nSPS) is 28.0. The highest BCUT2D eigenvalue weighted by molar-refractivity contribution is 5.80. The fourth-order valence-corrected chi connectivity index (χ4v) is 6.60. The number of carbonyl (C=O) groups is 1. The molecule has 3 heterocycles. The molecule has 6 heteroatoms. The summed E-state index contributed by atoms with van der Waals surface area (Å²) in [6.45, 7) is 15.6. The van der Waals surface area contributed by atoms with Crippen molar-refractivity contribution in [2.45, 2.75) is 47.0 Å². The minimum absolute atomic E-state index is 0.268. The van der Waals surface area contributed by atoms with E-state index in [0.29, 0.717) is 24.2 Å². The number of aromatic nitrogens is 2. The molecule has 1 aliphatic carbocycles. The number of aryl methyl sites for hydroxylation is 3. The smallest absolute Gasteiger partial charge is 0.223 e. The highest BCUT2D eigenvalue weighted by Gasteiger charge is 2.63. The van der Waals surface area contributed by atoms with E-state index in [2.05, 4.69) is 54.6 Å². The van der Waals surface area contributed by atoms with Gasteiger partial charge in [-0.1, -0.05) is 19.9 Å². The molecule has 6 nitrogen and oxygen atoms in total. The molecule has 5 rings (SSSR count). The first-order valence-electron chi connectivity index (χ1n) is 11.8. The number of nitrogens with zero attached hydrogens (tertiary/aromatic N) is 3. The second-order valence-electron chi connectivity index (χ2n) is 10.8. The Balaban J connectivity index is 1.24. The monoisotopic (exact) mass is 424 g/mol. The van der Waals surface area contributed by atoms with Crippen molar-refractivity contribution in [3.05, 3.63) is 29.1 Å². The molecule has 1 aromatic carbocycles. The van der Waals surface area contributed by atoms with Gasteiger partial charge in [0.1, 0.15) is 5.82 Å². The molecular weight excluding hydrogens is 388 g/mol. The first kappa shape index (κ1) is 21.0. The van der Waals surface area contributed by atoms with Gasteiger partial charge < -0.3 is 14.6 Å². The van der Waals surface area contributed by atoms with Gasteiger partial charge in [-0.2, -0.15) is 0 Å². The lowest BCUT2D eigenvalue weighted by atomic mass is 9.48. The average molecular weight is 425 g/mol. The molecule has 0 spiro atoms. The zero-order chi connectivity index (χ0) is 21.8. The zero-order valence-corrected chi connectivity index (χ0v) is 19.5. The van der Waals surface area contributed by atoms with E-state index < -0.39 is 0 Å². The predicted octanol–water partition coefficient (Wildman–Crippen LogP) is 3.32. The number of hydrogen-bond acceptors (Lipinski definition) is 4. The van der Waals surface area contributed by atoms with Crippen LogP contribution in [0.5, 0.6) is 0 Å². The van der Waals surface area contributed by atoms with Crippen molar-refractivity contribution in [1.82, 2.24) is 19.8 Å². The Hall–Kier alpha value is -1.92. The molecule has 0 unspecified atom stereocenters. The van der Waals surface area contributed by atoms with E-state index in [1.54, 1.807) is 0 Å². The Morgan fingerprint density at radius 3 is 2.77 bits per heavy atom. The lowest BCUT2D eigenvalue weighted by Gasteiger charge is -2.58. The van der Waals surface area contributed by atoms with Gasteiger partial charge in [-0.15, -0.1) is 0 Å². The maximum atomic E-state index is 13.2. The number of H-pyrrole nitrogens is 1. The predicted molar refractivity (Wildman–Crippen MR) is 122 cm³/mol. The minimum Gasteiger partial charge on any atom is -0.379 e. The number of ether oxygens (including phenoxy) is 1. The third kappa shape index (κ3) is 3.68. The fourth-order valence-electron chi connectivity index (χ4n) is 6.60. The summed E-state index contributed by atoms with van der Waals surface area (Å²) < 4.78 is 5.54. The molecule has 1 amide bonds. The maximum absolute atomic E-state index is 13.2. The van der Waals surface area contributed by atoms with Crippen LogP contribution in [0.3, 0.4) is 0 Å². The first-order valence-corrected chi connectivity index (χ1v) is 11.8. The van der Waals surface area contributed by atoms with Gasteiger partial charge in [0.05, 0.1) is 24.2 Å². The van der Waals surface area contributed by atoms with E-state index in [0.717, 1.165) is 62.8 Å². The number of morpholine rings is 1. The molecule has 3 fully saturated rings. The minimum atomic E-state index is 0.268. The topological polar surface area (TPSA) is 61.5 Å². The zero-order valence-electron chi connectivity index (χ0n) is 19.5. The second-order valence-corrected chi connectivity index (χ2v) is 10.8. The molecule has 1 aromatic heterocycles. The van der Waals surface area contributed by atoms with E-state index in [9.17, 15) is 4.79 Å². The van der Waals surface area contributed by atoms with Crippen molar-refractivity contribution in [3.63, 3.8) is 0 Å². The standard InChI is InChI=1S/C25H36N4O2/c1-17-5-6-19-23(18(17)2)27-21(26-19)7-8-22(30)29-13-20-24(3,4)14-25(20,16-29)15-28-9-11-31-12-10-28/h5-6,20H,7-16H2,1-4H3,(H,26,27)/t20-,25+/m1/s1. The Kier molecular flexibility index (Phi) is 5.13. The van der Waals surface area contributed by atoms with Crippen LogP contribution in [-0.2, 0) is 16.0 Å². The summed E-state index contributed by atoms with van der Waals surface area (Å²) in [6, 6.07) is 4.21. The van der Waals surface area contributed by atoms with Crippen LogP contribution in [0, 0.1) is 30.6 Å². The quantitative estimate of drug-likeness (QED) is 0.800. The summed E-state index contributed by atoms with van der Waals surface area (Å²) in [6.07, 6.45) is 2.42. The number of likely N-dealkylation sites (tertiary alicyclic amines) is 1. The number of rotatable bonds is 5. The lowest BCUT2D eigenvalue weighted by Crippen LogP contribution is -2.59. The fraction of sp³-hybridized carbons (Fsp3) is 0.680. The molecule has 168 valence electrons. The summed E-state index contributed by atoms with van der Waals surface area (Å²) in [7, 11) is 0. The highest BCUT2D eigenvalue weighted by Crippen LogP contribution is 2.63. The number of aromatic amines is 1. The number of fused-ring (bicyclic) bond motifs is 2. The van der Waals surface area contributed by atoms with Crippen LogP contribution in [-0.4, -0.2) is 71.6 Å². The number of nitrogens with one attached hydrogen (secondary N) is 1. The van der Waals surface area contributed by atoms with Gasteiger partial charge in [0.25, 0.3) is 0 Å². The van der Waals surface area contributed by atoms with Crippen molar-refractivity contribution in [3.8, 4) is 0 Å². The van der Waals surface area contributed by atoms with Crippen molar-refractivity contribution >= 4 is 16.9 Å². The molecule has 1 N–H and O–H groups in total. The third-order valence-corrected chi connectivity index (χ3v) is 8.20. The van der Waals surface area contributed by atoms with Crippen LogP contribution in [0.15, 0.2) is 12.1 Å². The average Bonchev–Trinajstić information content (AvgIpc) is 3.29. The Labute approximate surface area is 185 Å². The van der Waals surface area contributed by atoms with Crippen LogP contribution in [0.4, 0.5) is 0 Å². The molecule has 1 saturated carbocycles. The van der Waals surface area contributed by atoms with E-state index in [4.69, 9.17) is 9.72 Å². The van der Waals surface area contributed by atoms with Crippen LogP contribution in [0.2, 0.25) is 0 Å². The third-order valence-electron chi connectivity index (χ3n) is 8.20. The molecular formula is C25H36N4O2. The van der Waals surface area contributed by atoms with Gasteiger partial charge in [0.15, 0.2) is 0 Å². The molecule has 2 aromatic rings. The molecule has 0 radical (unpaired) electrons.